The van der Waals surface area contributed by atoms with E-state index < -0.39 is 40.0 Å². The molecule has 0 amide bonds. The summed E-state index contributed by atoms with van der Waals surface area (Å²) in [5.74, 6) is -1.61. The van der Waals surface area contributed by atoms with Crippen molar-refractivity contribution in [3.63, 3.8) is 0 Å². The lowest BCUT2D eigenvalue weighted by Crippen LogP contribution is -2.38. The highest BCUT2D eigenvalue weighted by Gasteiger charge is 2.39. The van der Waals surface area contributed by atoms with E-state index in [1.807, 2.05) is 6.92 Å². The molecule has 10 heteroatoms. The molecule has 3 aromatic rings. The number of halogens is 6. The van der Waals surface area contributed by atoms with Gasteiger partial charge in [-0.05, 0) is 44.2 Å². The molecular formula is C24H18ClF5N3O+. The van der Waals surface area contributed by atoms with Crippen molar-refractivity contribution in [2.45, 2.75) is 26.1 Å². The zero-order valence-corrected chi connectivity index (χ0v) is 18.8. The maximum Gasteiger partial charge on any atom is 0.417 e. The van der Waals surface area contributed by atoms with E-state index in [2.05, 4.69) is 9.98 Å². The van der Waals surface area contributed by atoms with Gasteiger partial charge in [-0.15, -0.1) is 0 Å². The van der Waals surface area contributed by atoms with Crippen molar-refractivity contribution in [3.8, 4) is 5.69 Å². The molecule has 176 valence electrons. The number of nitrogens with zero attached hydrogens (tertiary/aromatic N) is 3. The van der Waals surface area contributed by atoms with E-state index in [0.29, 0.717) is 18.0 Å². The Morgan fingerprint density at radius 3 is 2.47 bits per heavy atom. The third-order valence-corrected chi connectivity index (χ3v) is 5.60. The van der Waals surface area contributed by atoms with E-state index in [0.717, 1.165) is 24.3 Å². The summed E-state index contributed by atoms with van der Waals surface area (Å²) in [6, 6.07) is 4.42. The van der Waals surface area contributed by atoms with Crippen LogP contribution < -0.4 is 4.57 Å². The van der Waals surface area contributed by atoms with Crippen LogP contribution in [-0.2, 0) is 10.9 Å². The van der Waals surface area contributed by atoms with E-state index >= 15 is 0 Å². The Kier molecular flexibility index (Phi) is 6.40. The number of alkyl halides is 3. The first kappa shape index (κ1) is 23.8. The SMILES string of the molecule is CCO/C=C/c1cnc2[n+](c1)-c1ccc(C(F)(F)F)c(Cl)c1C(c1c(F)cccc1F)=NC2C. The lowest BCUT2D eigenvalue weighted by Gasteiger charge is -2.16. The maximum absolute atomic E-state index is 14.8. The van der Waals surface area contributed by atoms with Crippen LogP contribution in [0.2, 0.25) is 5.02 Å². The molecule has 0 fully saturated rings. The van der Waals surface area contributed by atoms with Crippen LogP contribution in [-0.4, -0.2) is 17.3 Å². The Balaban J connectivity index is 2.07. The number of benzene rings is 2. The third-order valence-electron chi connectivity index (χ3n) is 5.21. The van der Waals surface area contributed by atoms with Crippen LogP contribution >= 0.6 is 11.6 Å². The second-order valence-electron chi connectivity index (χ2n) is 7.44. The number of ether oxygens (including phenoxy) is 1. The molecule has 4 rings (SSSR count). The molecule has 0 radical (unpaired) electrons. The maximum atomic E-state index is 14.8. The minimum atomic E-state index is -4.79. The number of hydrogen-bond donors (Lipinski definition) is 0. The van der Waals surface area contributed by atoms with E-state index in [1.165, 1.54) is 23.1 Å². The fourth-order valence-electron chi connectivity index (χ4n) is 3.70. The molecule has 0 saturated heterocycles. The lowest BCUT2D eigenvalue weighted by molar-refractivity contribution is -0.609. The molecule has 2 aromatic carbocycles. The summed E-state index contributed by atoms with van der Waals surface area (Å²) in [4.78, 5) is 8.81. The number of fused-ring (bicyclic) bond motifs is 3. The minimum absolute atomic E-state index is 0.151. The normalized spacial score (nSPS) is 15.5. The first-order valence-corrected chi connectivity index (χ1v) is 10.6. The monoisotopic (exact) mass is 494 g/mol. The van der Waals surface area contributed by atoms with Gasteiger partial charge in [0.15, 0.2) is 12.2 Å². The Bertz CT molecular complexity index is 1300. The minimum Gasteiger partial charge on any atom is -0.501 e. The smallest absolute Gasteiger partial charge is 0.417 e. The molecule has 0 saturated carbocycles. The molecule has 0 bridgehead atoms. The number of aliphatic imine (C=N–C) groups is 1. The molecule has 0 aliphatic carbocycles. The molecule has 1 unspecified atom stereocenters. The van der Waals surface area contributed by atoms with E-state index in [4.69, 9.17) is 16.3 Å². The van der Waals surface area contributed by atoms with Crippen LogP contribution in [0.3, 0.4) is 0 Å². The zero-order chi connectivity index (χ0) is 24.6. The number of hydrogen-bond acceptors (Lipinski definition) is 3. The summed E-state index contributed by atoms with van der Waals surface area (Å²) in [7, 11) is 0. The van der Waals surface area contributed by atoms with Crippen molar-refractivity contribution < 1.29 is 31.3 Å². The van der Waals surface area contributed by atoms with Gasteiger partial charge in [0.05, 0.1) is 45.9 Å². The lowest BCUT2D eigenvalue weighted by atomic mass is 9.97. The second-order valence-corrected chi connectivity index (χ2v) is 7.82. The Hall–Kier alpha value is -3.33. The van der Waals surface area contributed by atoms with Crippen molar-refractivity contribution in [2.75, 3.05) is 6.61 Å². The third kappa shape index (κ3) is 4.27. The fraction of sp³-hybridized carbons (Fsp3) is 0.208. The standard InChI is InChI=1S/C24H18ClF5N3O/c1-3-34-10-9-14-11-31-23-13(2)32-22(19-16(26)5-4-6-17(19)27)20-18(33(23)12-14)8-7-15(21(20)25)24(28,29)30/h4-13H,3H2,1-2H3/q+1/b10-9+. The number of aromatic nitrogens is 2. The average molecular weight is 495 g/mol. The summed E-state index contributed by atoms with van der Waals surface area (Å²) < 4.78 is 77.4. The fourth-order valence-corrected chi connectivity index (χ4v) is 4.06. The van der Waals surface area contributed by atoms with E-state index in [1.54, 1.807) is 19.2 Å². The van der Waals surface area contributed by atoms with E-state index in [9.17, 15) is 22.0 Å². The van der Waals surface area contributed by atoms with Gasteiger partial charge < -0.3 is 4.74 Å². The largest absolute Gasteiger partial charge is 0.501 e. The highest BCUT2D eigenvalue weighted by molar-refractivity contribution is 6.37. The highest BCUT2D eigenvalue weighted by atomic mass is 35.5. The molecule has 1 atom stereocenters. The summed E-state index contributed by atoms with van der Waals surface area (Å²) in [5, 5.41) is -0.714. The van der Waals surface area contributed by atoms with Gasteiger partial charge in [-0.1, -0.05) is 22.7 Å². The second kappa shape index (κ2) is 9.13. The van der Waals surface area contributed by atoms with Crippen LogP contribution in [0.25, 0.3) is 11.8 Å². The molecule has 2 heterocycles. The van der Waals surface area contributed by atoms with Crippen LogP contribution in [0.4, 0.5) is 22.0 Å². The zero-order valence-electron chi connectivity index (χ0n) is 18.0. The molecular weight excluding hydrogens is 477 g/mol. The van der Waals surface area contributed by atoms with Crippen molar-refractivity contribution in [2.24, 2.45) is 4.99 Å². The number of rotatable bonds is 4. The van der Waals surface area contributed by atoms with Gasteiger partial charge in [-0.3, -0.25) is 4.99 Å². The van der Waals surface area contributed by atoms with E-state index in [-0.39, 0.29) is 17.0 Å². The predicted molar refractivity (Wildman–Crippen MR) is 117 cm³/mol. The first-order valence-electron chi connectivity index (χ1n) is 10.3. The molecule has 1 aromatic heterocycles. The molecule has 1 aliphatic rings. The van der Waals surface area contributed by atoms with Gasteiger partial charge in [0.1, 0.15) is 23.5 Å². The molecule has 0 spiro atoms. The topological polar surface area (TPSA) is 38.4 Å². The summed E-state index contributed by atoms with van der Waals surface area (Å²) in [5.41, 5.74) is -1.56. The molecule has 1 aliphatic heterocycles. The summed E-state index contributed by atoms with van der Waals surface area (Å²) >= 11 is 6.28. The quantitative estimate of drug-likeness (QED) is 0.245. The van der Waals surface area contributed by atoms with Crippen molar-refractivity contribution in [1.29, 1.82) is 0 Å². The summed E-state index contributed by atoms with van der Waals surface area (Å²) in [6.45, 7) is 3.88. The Labute approximate surface area is 197 Å². The van der Waals surface area contributed by atoms with Gasteiger partial charge in [0.2, 0.25) is 0 Å². The average Bonchev–Trinajstić information content (AvgIpc) is 2.88. The van der Waals surface area contributed by atoms with Gasteiger partial charge >= 0.3 is 12.0 Å². The van der Waals surface area contributed by atoms with Crippen LogP contribution in [0.1, 0.15) is 48.0 Å². The van der Waals surface area contributed by atoms with Crippen molar-refractivity contribution >= 4 is 23.4 Å². The molecule has 34 heavy (non-hydrogen) atoms. The van der Waals surface area contributed by atoms with Crippen LogP contribution in [0.5, 0.6) is 0 Å². The summed E-state index contributed by atoms with van der Waals surface area (Å²) in [6.07, 6.45) is 1.45. The van der Waals surface area contributed by atoms with Gasteiger partial charge in [0.25, 0.3) is 0 Å². The molecule has 0 N–H and O–H groups in total. The highest BCUT2D eigenvalue weighted by Crippen LogP contribution is 2.40. The Morgan fingerprint density at radius 2 is 1.82 bits per heavy atom. The van der Waals surface area contributed by atoms with Gasteiger partial charge in [-0.25, -0.2) is 8.78 Å². The van der Waals surface area contributed by atoms with Crippen LogP contribution in [0, 0.1) is 11.6 Å². The van der Waals surface area contributed by atoms with Crippen molar-refractivity contribution in [1.82, 2.24) is 4.98 Å². The van der Waals surface area contributed by atoms with Gasteiger partial charge in [0, 0.05) is 0 Å². The van der Waals surface area contributed by atoms with Gasteiger partial charge in [-0.2, -0.15) is 17.7 Å². The molecule has 4 nitrogen and oxygen atoms in total. The van der Waals surface area contributed by atoms with Crippen molar-refractivity contribution in [3.05, 3.63) is 93.7 Å². The van der Waals surface area contributed by atoms with Crippen LogP contribution in [0.15, 0.2) is 54.0 Å². The first-order chi connectivity index (χ1) is 16.1. The predicted octanol–water partition coefficient (Wildman–Crippen LogP) is 6.23. The Morgan fingerprint density at radius 1 is 1.12 bits per heavy atom.